The summed E-state index contributed by atoms with van der Waals surface area (Å²) in [7, 11) is 1.38. The van der Waals surface area contributed by atoms with Crippen LogP contribution in [0.4, 0.5) is 5.95 Å². The molecule has 0 spiro atoms. The molecule has 0 aliphatic heterocycles. The van der Waals surface area contributed by atoms with Crippen molar-refractivity contribution in [1.29, 1.82) is 0 Å². The zero-order valence-electron chi connectivity index (χ0n) is 9.93. The average molecular weight is 223 g/mol. The predicted molar refractivity (Wildman–Crippen MR) is 61.3 cm³/mol. The molecule has 1 aromatic rings. The Kier molecular flexibility index (Phi) is 4.69. The van der Waals surface area contributed by atoms with Gasteiger partial charge in [-0.3, -0.25) is 4.79 Å². The Bertz CT molecular complexity index is 355. The average Bonchev–Trinajstić information content (AvgIpc) is 2.28. The van der Waals surface area contributed by atoms with Crippen molar-refractivity contribution >= 4 is 11.9 Å². The number of anilines is 1. The number of ether oxygens (including phenoxy) is 1. The van der Waals surface area contributed by atoms with Crippen molar-refractivity contribution in [2.45, 2.75) is 20.3 Å². The lowest BCUT2D eigenvalue weighted by Crippen LogP contribution is -2.32. The van der Waals surface area contributed by atoms with Gasteiger partial charge in [-0.05, 0) is 19.4 Å². The van der Waals surface area contributed by atoms with Crippen molar-refractivity contribution < 1.29 is 9.53 Å². The van der Waals surface area contributed by atoms with E-state index < -0.39 is 0 Å². The molecule has 0 aliphatic carbocycles. The Morgan fingerprint density at radius 3 is 2.88 bits per heavy atom. The highest BCUT2D eigenvalue weighted by Gasteiger charge is 2.13. The van der Waals surface area contributed by atoms with Crippen LogP contribution in [-0.4, -0.2) is 36.1 Å². The Balaban J connectivity index is 2.80. The SMILES string of the molecule is CCCN(CC(=O)OC)c1nccc(C)n1. The van der Waals surface area contributed by atoms with E-state index in [2.05, 4.69) is 14.7 Å². The van der Waals surface area contributed by atoms with Crippen molar-refractivity contribution in [3.63, 3.8) is 0 Å². The largest absolute Gasteiger partial charge is 0.468 e. The fourth-order valence-electron chi connectivity index (χ4n) is 1.33. The Hall–Kier alpha value is -1.65. The normalized spacial score (nSPS) is 9.94. The number of esters is 1. The minimum Gasteiger partial charge on any atom is -0.468 e. The van der Waals surface area contributed by atoms with Crippen molar-refractivity contribution in [3.8, 4) is 0 Å². The number of carbonyl (C=O) groups is 1. The summed E-state index contributed by atoms with van der Waals surface area (Å²) in [6.45, 7) is 4.86. The summed E-state index contributed by atoms with van der Waals surface area (Å²) in [6, 6.07) is 1.83. The summed E-state index contributed by atoms with van der Waals surface area (Å²) in [6.07, 6.45) is 2.62. The van der Waals surface area contributed by atoms with Crippen LogP contribution in [0.15, 0.2) is 12.3 Å². The second-order valence-electron chi connectivity index (χ2n) is 3.50. The maximum Gasteiger partial charge on any atom is 0.325 e. The van der Waals surface area contributed by atoms with E-state index in [4.69, 9.17) is 0 Å². The first-order valence-electron chi connectivity index (χ1n) is 5.28. The molecule has 1 rings (SSSR count). The van der Waals surface area contributed by atoms with Crippen LogP contribution in [0.2, 0.25) is 0 Å². The molecule has 0 bridgehead atoms. The number of carbonyl (C=O) groups excluding carboxylic acids is 1. The van der Waals surface area contributed by atoms with Gasteiger partial charge in [0.1, 0.15) is 6.54 Å². The minimum absolute atomic E-state index is 0.188. The van der Waals surface area contributed by atoms with Crippen molar-refractivity contribution in [2.24, 2.45) is 0 Å². The summed E-state index contributed by atoms with van der Waals surface area (Å²) < 4.78 is 4.64. The standard InChI is InChI=1S/C11H17N3O2/c1-4-7-14(8-10(15)16-3)11-12-6-5-9(2)13-11/h5-6H,4,7-8H2,1-3H3. The fourth-order valence-corrected chi connectivity index (χ4v) is 1.33. The third-order valence-electron chi connectivity index (χ3n) is 2.11. The van der Waals surface area contributed by atoms with Gasteiger partial charge in [-0.25, -0.2) is 9.97 Å². The van der Waals surface area contributed by atoms with E-state index in [1.165, 1.54) is 7.11 Å². The fraction of sp³-hybridized carbons (Fsp3) is 0.545. The van der Waals surface area contributed by atoms with Gasteiger partial charge in [0.25, 0.3) is 0 Å². The topological polar surface area (TPSA) is 55.3 Å². The second kappa shape index (κ2) is 6.05. The molecule has 88 valence electrons. The van der Waals surface area contributed by atoms with Crippen molar-refractivity contribution in [1.82, 2.24) is 9.97 Å². The molecule has 5 heteroatoms. The summed E-state index contributed by atoms with van der Waals surface area (Å²) in [5.74, 6) is 0.297. The number of hydrogen-bond donors (Lipinski definition) is 0. The molecule has 0 unspecified atom stereocenters. The van der Waals surface area contributed by atoms with Gasteiger partial charge in [-0.1, -0.05) is 6.92 Å². The maximum atomic E-state index is 11.2. The van der Waals surface area contributed by atoms with Crippen LogP contribution >= 0.6 is 0 Å². The van der Waals surface area contributed by atoms with Gasteiger partial charge in [0.2, 0.25) is 5.95 Å². The van der Waals surface area contributed by atoms with E-state index in [-0.39, 0.29) is 12.5 Å². The molecule has 16 heavy (non-hydrogen) atoms. The van der Waals surface area contributed by atoms with Crippen LogP contribution in [0.3, 0.4) is 0 Å². The zero-order valence-corrected chi connectivity index (χ0v) is 9.93. The Morgan fingerprint density at radius 2 is 2.31 bits per heavy atom. The molecule has 5 nitrogen and oxygen atoms in total. The van der Waals surface area contributed by atoms with Crippen LogP contribution in [0.5, 0.6) is 0 Å². The number of rotatable bonds is 5. The molecule has 1 aromatic heterocycles. The molecular formula is C11H17N3O2. The molecule has 1 heterocycles. The Morgan fingerprint density at radius 1 is 1.56 bits per heavy atom. The molecule has 0 aromatic carbocycles. The quantitative estimate of drug-likeness (QED) is 0.701. The molecule has 0 atom stereocenters. The first-order chi connectivity index (χ1) is 7.67. The number of nitrogens with zero attached hydrogens (tertiary/aromatic N) is 3. The van der Waals surface area contributed by atoms with E-state index >= 15 is 0 Å². The van der Waals surface area contributed by atoms with E-state index in [1.54, 1.807) is 6.20 Å². The molecule has 0 amide bonds. The van der Waals surface area contributed by atoms with E-state index in [9.17, 15) is 4.79 Å². The van der Waals surface area contributed by atoms with E-state index in [0.29, 0.717) is 5.95 Å². The van der Waals surface area contributed by atoms with Crippen LogP contribution in [0.1, 0.15) is 19.0 Å². The molecule has 0 N–H and O–H groups in total. The van der Waals surface area contributed by atoms with Gasteiger partial charge in [0, 0.05) is 18.4 Å². The molecule has 0 fully saturated rings. The highest BCUT2D eigenvalue weighted by Crippen LogP contribution is 2.07. The first kappa shape index (κ1) is 12.4. The van der Waals surface area contributed by atoms with Crippen LogP contribution in [0.25, 0.3) is 0 Å². The summed E-state index contributed by atoms with van der Waals surface area (Å²) >= 11 is 0. The summed E-state index contributed by atoms with van der Waals surface area (Å²) in [5, 5.41) is 0. The van der Waals surface area contributed by atoms with E-state index in [0.717, 1.165) is 18.7 Å². The third kappa shape index (κ3) is 3.49. The maximum absolute atomic E-state index is 11.2. The number of methoxy groups -OCH3 is 1. The highest BCUT2D eigenvalue weighted by molar-refractivity contribution is 5.74. The molecule has 0 saturated carbocycles. The van der Waals surface area contributed by atoms with Gasteiger partial charge in [0.15, 0.2) is 0 Å². The third-order valence-corrected chi connectivity index (χ3v) is 2.11. The monoisotopic (exact) mass is 223 g/mol. The smallest absolute Gasteiger partial charge is 0.325 e. The lowest BCUT2D eigenvalue weighted by molar-refractivity contribution is -0.138. The van der Waals surface area contributed by atoms with E-state index in [1.807, 2.05) is 24.8 Å². The van der Waals surface area contributed by atoms with Gasteiger partial charge < -0.3 is 9.64 Å². The molecule has 0 aliphatic rings. The zero-order chi connectivity index (χ0) is 12.0. The lowest BCUT2D eigenvalue weighted by Gasteiger charge is -2.20. The molecule has 0 saturated heterocycles. The van der Waals surface area contributed by atoms with Gasteiger partial charge in [-0.15, -0.1) is 0 Å². The number of hydrogen-bond acceptors (Lipinski definition) is 5. The van der Waals surface area contributed by atoms with Crippen LogP contribution in [-0.2, 0) is 9.53 Å². The predicted octanol–water partition coefficient (Wildman–Crippen LogP) is 1.17. The number of aromatic nitrogens is 2. The highest BCUT2D eigenvalue weighted by atomic mass is 16.5. The summed E-state index contributed by atoms with van der Waals surface area (Å²) in [4.78, 5) is 21.5. The van der Waals surface area contributed by atoms with Crippen molar-refractivity contribution in [3.05, 3.63) is 18.0 Å². The minimum atomic E-state index is -0.279. The summed E-state index contributed by atoms with van der Waals surface area (Å²) in [5.41, 5.74) is 0.885. The molecular weight excluding hydrogens is 206 g/mol. The Labute approximate surface area is 95.5 Å². The number of aryl methyl sites for hydroxylation is 1. The van der Waals surface area contributed by atoms with Gasteiger partial charge in [0.05, 0.1) is 7.11 Å². The lowest BCUT2D eigenvalue weighted by atomic mass is 10.4. The van der Waals surface area contributed by atoms with Gasteiger partial charge >= 0.3 is 5.97 Å². The van der Waals surface area contributed by atoms with Crippen LogP contribution < -0.4 is 4.90 Å². The second-order valence-corrected chi connectivity index (χ2v) is 3.50. The molecule has 0 radical (unpaired) electrons. The van der Waals surface area contributed by atoms with Gasteiger partial charge in [-0.2, -0.15) is 0 Å². The van der Waals surface area contributed by atoms with Crippen LogP contribution in [0, 0.1) is 6.92 Å². The van der Waals surface area contributed by atoms with Crippen molar-refractivity contribution in [2.75, 3.05) is 25.1 Å². The first-order valence-corrected chi connectivity index (χ1v) is 5.28.